The molecule has 0 spiro atoms. The van der Waals surface area contributed by atoms with E-state index in [1.807, 2.05) is 43.5 Å². The number of rotatable bonds is 5. The lowest BCUT2D eigenvalue weighted by Crippen LogP contribution is -2.14. The summed E-state index contributed by atoms with van der Waals surface area (Å²) < 4.78 is 12.2. The van der Waals surface area contributed by atoms with Gasteiger partial charge in [0.25, 0.3) is 5.91 Å². The van der Waals surface area contributed by atoms with Crippen molar-refractivity contribution in [1.29, 1.82) is 0 Å². The second kappa shape index (κ2) is 8.64. The normalized spacial score (nSPS) is 15.8. The summed E-state index contributed by atoms with van der Waals surface area (Å²) in [5, 5.41) is 3.41. The number of anilines is 1. The number of amides is 1. The maximum absolute atomic E-state index is 13.2. The Morgan fingerprint density at radius 2 is 2.06 bits per heavy atom. The highest BCUT2D eigenvalue weighted by atomic mass is 32.1. The Kier molecular flexibility index (Phi) is 5.55. The highest BCUT2D eigenvalue weighted by molar-refractivity contribution is 7.22. The molecule has 1 saturated heterocycles. The lowest BCUT2D eigenvalue weighted by atomic mass is 9.99. The first-order chi connectivity index (χ1) is 15.6. The van der Waals surface area contributed by atoms with Crippen LogP contribution in [0.5, 0.6) is 5.75 Å². The van der Waals surface area contributed by atoms with Gasteiger partial charge < -0.3 is 9.47 Å². The maximum atomic E-state index is 13.2. The fraction of sp³-hybridized carbons (Fsp3) is 0.250. The quantitative estimate of drug-likeness (QED) is 0.455. The van der Waals surface area contributed by atoms with E-state index >= 15 is 0 Å². The van der Waals surface area contributed by atoms with Crippen molar-refractivity contribution in [3.8, 4) is 16.9 Å². The van der Waals surface area contributed by atoms with Crippen LogP contribution in [0.1, 0.15) is 40.6 Å². The maximum Gasteiger partial charge on any atom is 0.259 e. The second-order valence-electron chi connectivity index (χ2n) is 7.64. The van der Waals surface area contributed by atoms with Crippen molar-refractivity contribution in [2.75, 3.05) is 19.0 Å². The average molecular weight is 447 g/mol. The van der Waals surface area contributed by atoms with Crippen molar-refractivity contribution in [2.24, 2.45) is 0 Å². The molecular weight excluding hydrogens is 424 g/mol. The van der Waals surface area contributed by atoms with Crippen molar-refractivity contribution in [3.05, 3.63) is 65.6 Å². The van der Waals surface area contributed by atoms with Crippen LogP contribution in [0.3, 0.4) is 0 Å². The summed E-state index contributed by atoms with van der Waals surface area (Å²) in [7, 11) is 1.62. The lowest BCUT2D eigenvalue weighted by molar-refractivity contribution is 0.102. The first kappa shape index (κ1) is 20.5. The minimum Gasteiger partial charge on any atom is -0.496 e. The number of hydrogen-bond donors (Lipinski definition) is 1. The smallest absolute Gasteiger partial charge is 0.259 e. The minimum atomic E-state index is -0.281. The molecule has 0 aliphatic carbocycles. The number of nitrogens with one attached hydrogen (secondary N) is 1. The molecule has 0 radical (unpaired) electrons. The van der Waals surface area contributed by atoms with Gasteiger partial charge in [-0.2, -0.15) is 4.98 Å². The number of fused-ring (bicyclic) bond motifs is 1. The summed E-state index contributed by atoms with van der Waals surface area (Å²) in [6.07, 6.45) is 5.56. The van der Waals surface area contributed by atoms with Gasteiger partial charge in [0.2, 0.25) is 0 Å². The number of ether oxygens (including phenoxy) is 2. The van der Waals surface area contributed by atoms with Crippen LogP contribution in [0.25, 0.3) is 21.5 Å². The fourth-order valence-corrected chi connectivity index (χ4v) is 4.77. The van der Waals surface area contributed by atoms with E-state index in [2.05, 4.69) is 26.3 Å². The number of nitrogens with zero attached hydrogens (tertiary/aromatic N) is 3. The molecule has 0 saturated carbocycles. The number of hydrogen-bond acceptors (Lipinski definition) is 7. The van der Waals surface area contributed by atoms with Crippen molar-refractivity contribution in [3.63, 3.8) is 0 Å². The molecule has 4 heterocycles. The van der Waals surface area contributed by atoms with Crippen LogP contribution in [0.2, 0.25) is 0 Å². The van der Waals surface area contributed by atoms with Gasteiger partial charge >= 0.3 is 0 Å². The molecule has 162 valence electrons. The summed E-state index contributed by atoms with van der Waals surface area (Å²) >= 11 is 1.40. The standard InChI is InChI=1S/C24H22N4O3S/c1-14-10-17(16-6-3-4-7-20(16)30-2)18(13-25-14)23(29)28-24-27-22-21(32-24)11-15(12-26-22)19-8-5-9-31-19/h3-4,6-7,10-13,19H,5,8-9H2,1-2H3,(H,26,27,28,29). The number of aryl methyl sites for hydroxylation is 1. The SMILES string of the molecule is COc1ccccc1-c1cc(C)ncc1C(=O)Nc1nc2ncc(C3CCCO3)cc2s1. The van der Waals surface area contributed by atoms with Crippen LogP contribution in [0, 0.1) is 6.92 Å². The highest BCUT2D eigenvalue weighted by Gasteiger charge is 2.21. The molecule has 1 atom stereocenters. The fourth-order valence-electron chi connectivity index (χ4n) is 3.90. The van der Waals surface area contributed by atoms with Gasteiger partial charge in [-0.3, -0.25) is 15.1 Å². The predicted molar refractivity (Wildman–Crippen MR) is 124 cm³/mol. The molecule has 1 aliphatic rings. The zero-order chi connectivity index (χ0) is 22.1. The summed E-state index contributed by atoms with van der Waals surface area (Å²) in [5.41, 5.74) is 4.52. The summed E-state index contributed by atoms with van der Waals surface area (Å²) in [5.74, 6) is 0.412. The van der Waals surface area contributed by atoms with E-state index < -0.39 is 0 Å². The molecule has 1 fully saturated rings. The third-order valence-corrected chi connectivity index (χ3v) is 6.38. The number of methoxy groups -OCH3 is 1. The van der Waals surface area contributed by atoms with Gasteiger partial charge in [-0.25, -0.2) is 4.98 Å². The van der Waals surface area contributed by atoms with Gasteiger partial charge in [-0.1, -0.05) is 29.5 Å². The lowest BCUT2D eigenvalue weighted by Gasteiger charge is -2.13. The molecule has 8 heteroatoms. The predicted octanol–water partition coefficient (Wildman–Crippen LogP) is 5.17. The number of pyridine rings is 2. The van der Waals surface area contributed by atoms with Crippen LogP contribution in [-0.4, -0.2) is 34.6 Å². The number of carbonyl (C=O) groups excluding carboxylic acids is 1. The molecule has 1 aromatic carbocycles. The van der Waals surface area contributed by atoms with E-state index in [-0.39, 0.29) is 12.0 Å². The Bertz CT molecular complexity index is 1300. The molecular formula is C24H22N4O3S. The number of thiazole rings is 1. The zero-order valence-electron chi connectivity index (χ0n) is 17.8. The van der Waals surface area contributed by atoms with E-state index in [4.69, 9.17) is 9.47 Å². The topological polar surface area (TPSA) is 86.2 Å². The Morgan fingerprint density at radius 3 is 2.88 bits per heavy atom. The Labute approximate surface area is 189 Å². The van der Waals surface area contributed by atoms with E-state index in [1.165, 1.54) is 11.3 Å². The van der Waals surface area contributed by atoms with Gasteiger partial charge in [0.1, 0.15) is 5.75 Å². The third kappa shape index (κ3) is 3.94. The third-order valence-electron chi connectivity index (χ3n) is 5.47. The van der Waals surface area contributed by atoms with Crippen molar-refractivity contribution in [2.45, 2.75) is 25.9 Å². The summed E-state index contributed by atoms with van der Waals surface area (Å²) in [6.45, 7) is 2.68. The van der Waals surface area contributed by atoms with Gasteiger partial charge in [-0.15, -0.1) is 0 Å². The number of aromatic nitrogens is 3. The van der Waals surface area contributed by atoms with Crippen LogP contribution >= 0.6 is 11.3 Å². The Morgan fingerprint density at radius 1 is 1.19 bits per heavy atom. The molecule has 4 aromatic rings. The first-order valence-corrected chi connectivity index (χ1v) is 11.2. The number of para-hydroxylation sites is 1. The Hall–Kier alpha value is -3.36. The Balaban J connectivity index is 1.46. The van der Waals surface area contributed by atoms with Crippen molar-refractivity contribution < 1.29 is 14.3 Å². The zero-order valence-corrected chi connectivity index (χ0v) is 18.6. The van der Waals surface area contributed by atoms with Crippen LogP contribution in [-0.2, 0) is 4.74 Å². The second-order valence-corrected chi connectivity index (χ2v) is 8.67. The molecule has 1 aliphatic heterocycles. The van der Waals surface area contributed by atoms with Gasteiger partial charge in [0.05, 0.1) is 23.5 Å². The number of carbonyl (C=O) groups is 1. The average Bonchev–Trinajstić information content (AvgIpc) is 3.48. The van der Waals surface area contributed by atoms with Gasteiger partial charge in [0.15, 0.2) is 10.8 Å². The first-order valence-electron chi connectivity index (χ1n) is 10.4. The molecule has 1 amide bonds. The molecule has 1 unspecified atom stereocenters. The van der Waals surface area contributed by atoms with Gasteiger partial charge in [0, 0.05) is 41.4 Å². The molecule has 7 nitrogen and oxygen atoms in total. The van der Waals surface area contributed by atoms with Crippen LogP contribution in [0.15, 0.2) is 48.8 Å². The molecule has 0 bridgehead atoms. The van der Waals surface area contributed by atoms with E-state index in [0.717, 1.165) is 46.5 Å². The van der Waals surface area contributed by atoms with E-state index in [0.29, 0.717) is 22.1 Å². The van der Waals surface area contributed by atoms with Gasteiger partial charge in [-0.05, 0) is 38.0 Å². The van der Waals surface area contributed by atoms with E-state index in [1.54, 1.807) is 13.3 Å². The number of benzene rings is 1. The molecule has 5 rings (SSSR count). The molecule has 1 N–H and O–H groups in total. The van der Waals surface area contributed by atoms with E-state index in [9.17, 15) is 4.79 Å². The summed E-state index contributed by atoms with van der Waals surface area (Å²) in [6, 6.07) is 11.6. The van der Waals surface area contributed by atoms with Crippen LogP contribution in [0.4, 0.5) is 5.13 Å². The highest BCUT2D eigenvalue weighted by Crippen LogP contribution is 2.34. The molecule has 3 aromatic heterocycles. The molecule has 32 heavy (non-hydrogen) atoms. The van der Waals surface area contributed by atoms with Crippen LogP contribution < -0.4 is 10.1 Å². The largest absolute Gasteiger partial charge is 0.496 e. The monoisotopic (exact) mass is 446 g/mol. The van der Waals surface area contributed by atoms with Crippen molar-refractivity contribution >= 4 is 32.7 Å². The minimum absolute atomic E-state index is 0.0917. The van der Waals surface area contributed by atoms with Crippen molar-refractivity contribution in [1.82, 2.24) is 15.0 Å². The summed E-state index contributed by atoms with van der Waals surface area (Å²) in [4.78, 5) is 26.5.